The highest BCUT2D eigenvalue weighted by Crippen LogP contribution is 2.19. The highest BCUT2D eigenvalue weighted by atomic mass is 16.2. The third-order valence-electron chi connectivity index (χ3n) is 5.67. The van der Waals surface area contributed by atoms with Crippen LogP contribution in [0, 0.1) is 13.8 Å². The molecule has 3 aromatic rings. The van der Waals surface area contributed by atoms with Crippen LogP contribution in [0.1, 0.15) is 22.5 Å². The number of amides is 1. The van der Waals surface area contributed by atoms with Gasteiger partial charge in [-0.25, -0.2) is 4.68 Å². The van der Waals surface area contributed by atoms with Crippen LogP contribution < -0.4 is 0 Å². The third-order valence-corrected chi connectivity index (χ3v) is 5.67. The highest BCUT2D eigenvalue weighted by Gasteiger charge is 2.20. The average molecular weight is 401 g/mol. The summed E-state index contributed by atoms with van der Waals surface area (Å²) >= 11 is 0. The zero-order chi connectivity index (χ0) is 20.9. The van der Waals surface area contributed by atoms with Crippen molar-refractivity contribution in [3.05, 3.63) is 89.3 Å². The van der Waals surface area contributed by atoms with Crippen molar-refractivity contribution in [3.8, 4) is 5.69 Å². The molecule has 2 heterocycles. The molecule has 1 aromatic heterocycles. The summed E-state index contributed by atoms with van der Waals surface area (Å²) in [6.07, 6.45) is 3.61. The van der Waals surface area contributed by atoms with Crippen LogP contribution in [0.2, 0.25) is 0 Å². The second-order valence-corrected chi connectivity index (χ2v) is 7.75. The van der Waals surface area contributed by atoms with E-state index < -0.39 is 0 Å². The minimum atomic E-state index is 0.0700. The lowest BCUT2D eigenvalue weighted by atomic mass is 10.1. The standard InChI is InChI=1S/C25H28N4O/c1-20-24(21(2)29(26-20)23-11-7-4-8-12-23)13-14-25(30)28-17-15-27(16-18-28)19-22-9-5-3-6-10-22/h3-14H,15-19H2,1-2H3/b14-13+. The van der Waals surface area contributed by atoms with Crippen LogP contribution in [0.15, 0.2) is 66.7 Å². The average Bonchev–Trinajstić information content (AvgIpc) is 3.07. The summed E-state index contributed by atoms with van der Waals surface area (Å²) in [5, 5.41) is 4.65. The molecule has 0 aliphatic carbocycles. The predicted octanol–water partition coefficient (Wildman–Crippen LogP) is 3.85. The lowest BCUT2D eigenvalue weighted by molar-refractivity contribution is -0.127. The number of aryl methyl sites for hydroxylation is 1. The Kier molecular flexibility index (Phi) is 6.10. The number of nitrogens with zero attached hydrogens (tertiary/aromatic N) is 4. The van der Waals surface area contributed by atoms with Gasteiger partial charge in [-0.1, -0.05) is 48.5 Å². The maximum Gasteiger partial charge on any atom is 0.246 e. The number of hydrogen-bond acceptors (Lipinski definition) is 3. The van der Waals surface area contributed by atoms with E-state index in [4.69, 9.17) is 0 Å². The SMILES string of the molecule is Cc1nn(-c2ccccc2)c(C)c1/C=C/C(=O)N1CCN(Cc2ccccc2)CC1. The van der Waals surface area contributed by atoms with Gasteiger partial charge >= 0.3 is 0 Å². The van der Waals surface area contributed by atoms with E-state index in [0.717, 1.165) is 55.4 Å². The number of hydrogen-bond donors (Lipinski definition) is 0. The fourth-order valence-corrected chi connectivity index (χ4v) is 3.94. The summed E-state index contributed by atoms with van der Waals surface area (Å²) in [5.74, 6) is 0.0700. The first-order valence-electron chi connectivity index (χ1n) is 10.5. The lowest BCUT2D eigenvalue weighted by Gasteiger charge is -2.34. The Bertz CT molecular complexity index is 1020. The Hall–Kier alpha value is -3.18. The van der Waals surface area contributed by atoms with Crippen molar-refractivity contribution in [1.29, 1.82) is 0 Å². The van der Waals surface area contributed by atoms with Crippen LogP contribution in [0.3, 0.4) is 0 Å². The van der Waals surface area contributed by atoms with Crippen molar-refractivity contribution in [2.24, 2.45) is 0 Å². The van der Waals surface area contributed by atoms with E-state index in [-0.39, 0.29) is 5.91 Å². The largest absolute Gasteiger partial charge is 0.337 e. The molecule has 1 fully saturated rings. The molecule has 1 aliphatic rings. The fourth-order valence-electron chi connectivity index (χ4n) is 3.94. The Labute approximate surface area is 178 Å². The summed E-state index contributed by atoms with van der Waals surface area (Å²) in [7, 11) is 0. The second kappa shape index (κ2) is 9.09. The highest BCUT2D eigenvalue weighted by molar-refractivity contribution is 5.92. The first kappa shape index (κ1) is 20.1. The van der Waals surface area contributed by atoms with E-state index in [9.17, 15) is 4.79 Å². The van der Waals surface area contributed by atoms with Crippen LogP contribution >= 0.6 is 0 Å². The third kappa shape index (κ3) is 4.52. The van der Waals surface area contributed by atoms with Gasteiger partial charge < -0.3 is 4.90 Å². The van der Waals surface area contributed by atoms with Crippen LogP contribution in [0.5, 0.6) is 0 Å². The molecule has 0 atom stereocenters. The van der Waals surface area contributed by atoms with Crippen LogP contribution in [-0.2, 0) is 11.3 Å². The number of piperazine rings is 1. The number of carbonyl (C=O) groups excluding carboxylic acids is 1. The molecule has 0 spiro atoms. The molecule has 1 aliphatic heterocycles. The molecule has 30 heavy (non-hydrogen) atoms. The smallest absolute Gasteiger partial charge is 0.246 e. The zero-order valence-corrected chi connectivity index (χ0v) is 17.7. The van der Waals surface area contributed by atoms with Gasteiger partial charge in [-0.05, 0) is 37.6 Å². The van der Waals surface area contributed by atoms with Crippen molar-refractivity contribution >= 4 is 12.0 Å². The van der Waals surface area contributed by atoms with Crippen molar-refractivity contribution in [2.45, 2.75) is 20.4 Å². The molecular formula is C25H28N4O. The normalized spacial score (nSPS) is 15.1. The van der Waals surface area contributed by atoms with Crippen LogP contribution in [0.4, 0.5) is 0 Å². The number of rotatable bonds is 5. The number of para-hydroxylation sites is 1. The summed E-state index contributed by atoms with van der Waals surface area (Å²) in [6.45, 7) is 8.29. The number of benzene rings is 2. The van der Waals surface area contributed by atoms with Gasteiger partial charge in [0, 0.05) is 50.1 Å². The van der Waals surface area contributed by atoms with Gasteiger partial charge in [-0.2, -0.15) is 5.10 Å². The molecule has 0 unspecified atom stereocenters. The molecule has 0 N–H and O–H groups in total. The van der Waals surface area contributed by atoms with E-state index >= 15 is 0 Å². The molecule has 5 nitrogen and oxygen atoms in total. The molecule has 1 amide bonds. The number of aromatic nitrogens is 2. The molecule has 1 saturated heterocycles. The molecule has 154 valence electrons. The lowest BCUT2D eigenvalue weighted by Crippen LogP contribution is -2.47. The van der Waals surface area contributed by atoms with Crippen molar-refractivity contribution in [3.63, 3.8) is 0 Å². The molecule has 0 bridgehead atoms. The Morgan fingerprint density at radius 2 is 1.57 bits per heavy atom. The Balaban J connectivity index is 1.37. The first-order valence-corrected chi connectivity index (χ1v) is 10.5. The first-order chi connectivity index (χ1) is 14.6. The van der Waals surface area contributed by atoms with E-state index in [1.54, 1.807) is 6.08 Å². The van der Waals surface area contributed by atoms with Crippen molar-refractivity contribution < 1.29 is 4.79 Å². The van der Waals surface area contributed by atoms with Gasteiger partial charge in [-0.3, -0.25) is 9.69 Å². The van der Waals surface area contributed by atoms with Gasteiger partial charge in [-0.15, -0.1) is 0 Å². The van der Waals surface area contributed by atoms with Gasteiger partial charge in [0.25, 0.3) is 0 Å². The van der Waals surface area contributed by atoms with Crippen LogP contribution in [-0.4, -0.2) is 51.7 Å². The van der Waals surface area contributed by atoms with Gasteiger partial charge in [0.05, 0.1) is 11.4 Å². The summed E-state index contributed by atoms with van der Waals surface area (Å²) in [5.41, 5.74) is 5.32. The second-order valence-electron chi connectivity index (χ2n) is 7.75. The molecule has 0 radical (unpaired) electrons. The minimum absolute atomic E-state index is 0.0700. The quantitative estimate of drug-likeness (QED) is 0.611. The summed E-state index contributed by atoms with van der Waals surface area (Å²) < 4.78 is 1.93. The maximum atomic E-state index is 12.7. The van der Waals surface area contributed by atoms with E-state index in [1.165, 1.54) is 5.56 Å². The molecule has 4 rings (SSSR count). The van der Waals surface area contributed by atoms with E-state index in [1.807, 2.05) is 65.9 Å². The minimum Gasteiger partial charge on any atom is -0.337 e. The number of carbonyl (C=O) groups is 1. The van der Waals surface area contributed by atoms with Crippen molar-refractivity contribution in [1.82, 2.24) is 19.6 Å². The molecule has 5 heteroatoms. The predicted molar refractivity (Wildman–Crippen MR) is 120 cm³/mol. The summed E-state index contributed by atoms with van der Waals surface area (Å²) in [6, 6.07) is 20.6. The fraction of sp³-hybridized carbons (Fsp3) is 0.280. The van der Waals surface area contributed by atoms with E-state index in [2.05, 4.69) is 34.3 Å². The Morgan fingerprint density at radius 1 is 0.933 bits per heavy atom. The maximum absolute atomic E-state index is 12.7. The van der Waals surface area contributed by atoms with E-state index in [0.29, 0.717) is 0 Å². The molecule has 0 saturated carbocycles. The Morgan fingerprint density at radius 3 is 2.23 bits per heavy atom. The van der Waals surface area contributed by atoms with Gasteiger partial charge in [0.15, 0.2) is 0 Å². The van der Waals surface area contributed by atoms with Gasteiger partial charge in [0.1, 0.15) is 0 Å². The molecular weight excluding hydrogens is 372 g/mol. The zero-order valence-electron chi connectivity index (χ0n) is 17.7. The molecule has 2 aromatic carbocycles. The summed E-state index contributed by atoms with van der Waals surface area (Å²) in [4.78, 5) is 17.1. The topological polar surface area (TPSA) is 41.4 Å². The monoisotopic (exact) mass is 400 g/mol. The van der Waals surface area contributed by atoms with Crippen molar-refractivity contribution in [2.75, 3.05) is 26.2 Å². The van der Waals surface area contributed by atoms with Gasteiger partial charge in [0.2, 0.25) is 5.91 Å². The van der Waals surface area contributed by atoms with Crippen LogP contribution in [0.25, 0.3) is 11.8 Å².